The average molecular weight is 289 g/mol. The van der Waals surface area contributed by atoms with Crippen molar-refractivity contribution in [2.45, 2.75) is 25.4 Å². The lowest BCUT2D eigenvalue weighted by Crippen LogP contribution is -2.33. The summed E-state index contributed by atoms with van der Waals surface area (Å²) >= 11 is 0. The fraction of sp³-hybridized carbons (Fsp3) is 0.333. The minimum atomic E-state index is -1.12. The maximum absolute atomic E-state index is 12.1. The van der Waals surface area contributed by atoms with Crippen molar-refractivity contribution >= 4 is 28.5 Å². The lowest BCUT2D eigenvalue weighted by atomic mass is 10.1. The van der Waals surface area contributed by atoms with Gasteiger partial charge in [0, 0.05) is 17.7 Å². The van der Waals surface area contributed by atoms with E-state index in [2.05, 4.69) is 5.32 Å². The van der Waals surface area contributed by atoms with Crippen molar-refractivity contribution in [3.63, 3.8) is 0 Å². The molecule has 1 aromatic carbocycles. The number of carbonyl (C=O) groups is 2. The molecule has 2 heterocycles. The van der Waals surface area contributed by atoms with Crippen LogP contribution in [0.5, 0.6) is 0 Å². The highest BCUT2D eigenvalue weighted by atomic mass is 16.5. The van der Waals surface area contributed by atoms with E-state index in [1.165, 1.54) is 6.07 Å². The van der Waals surface area contributed by atoms with Crippen LogP contribution in [-0.2, 0) is 9.53 Å². The molecule has 1 unspecified atom stereocenters. The SMILES string of the molecule is O=C(O)c1cc2cc(NC(=O)C3CCCCO3)ccc2o1. The molecule has 2 N–H and O–H groups in total. The van der Waals surface area contributed by atoms with E-state index in [0.717, 1.165) is 19.3 Å². The van der Waals surface area contributed by atoms with E-state index in [0.29, 0.717) is 23.3 Å². The fourth-order valence-electron chi connectivity index (χ4n) is 2.40. The number of carboxylic acid groups (broad SMARTS) is 1. The second kappa shape index (κ2) is 5.57. The van der Waals surface area contributed by atoms with Gasteiger partial charge in [-0.25, -0.2) is 4.79 Å². The molecular formula is C15H15NO5. The van der Waals surface area contributed by atoms with E-state index in [1.807, 2.05) is 0 Å². The van der Waals surface area contributed by atoms with Crippen LogP contribution in [-0.4, -0.2) is 29.7 Å². The molecule has 110 valence electrons. The number of anilines is 1. The number of amides is 1. The smallest absolute Gasteiger partial charge is 0.371 e. The first-order valence-corrected chi connectivity index (χ1v) is 6.83. The molecule has 1 aliphatic rings. The van der Waals surface area contributed by atoms with Gasteiger partial charge in [0.25, 0.3) is 5.91 Å². The quantitative estimate of drug-likeness (QED) is 0.906. The van der Waals surface area contributed by atoms with Gasteiger partial charge in [-0.15, -0.1) is 0 Å². The molecule has 0 saturated carbocycles. The zero-order chi connectivity index (χ0) is 14.8. The topological polar surface area (TPSA) is 88.8 Å². The minimum absolute atomic E-state index is 0.121. The van der Waals surface area contributed by atoms with Crippen molar-refractivity contribution < 1.29 is 23.8 Å². The second-order valence-corrected chi connectivity index (χ2v) is 5.01. The van der Waals surface area contributed by atoms with Gasteiger partial charge in [-0.05, 0) is 43.5 Å². The third-order valence-corrected chi connectivity index (χ3v) is 3.47. The number of benzene rings is 1. The molecule has 0 bridgehead atoms. The molecule has 1 aliphatic heterocycles. The third kappa shape index (κ3) is 2.90. The van der Waals surface area contributed by atoms with Crippen molar-refractivity contribution in [1.29, 1.82) is 0 Å². The van der Waals surface area contributed by atoms with E-state index in [1.54, 1.807) is 18.2 Å². The Hall–Kier alpha value is -2.34. The Labute approximate surface area is 120 Å². The number of carboxylic acids is 1. The number of fused-ring (bicyclic) bond motifs is 1. The highest BCUT2D eigenvalue weighted by Gasteiger charge is 2.22. The van der Waals surface area contributed by atoms with E-state index < -0.39 is 12.1 Å². The van der Waals surface area contributed by atoms with Crippen LogP contribution in [0, 0.1) is 0 Å². The normalized spacial score (nSPS) is 18.6. The first-order valence-electron chi connectivity index (χ1n) is 6.83. The van der Waals surface area contributed by atoms with Crippen molar-refractivity contribution in [3.8, 4) is 0 Å². The molecule has 1 amide bonds. The fourth-order valence-corrected chi connectivity index (χ4v) is 2.40. The van der Waals surface area contributed by atoms with Gasteiger partial charge >= 0.3 is 5.97 Å². The van der Waals surface area contributed by atoms with Crippen molar-refractivity contribution in [2.24, 2.45) is 0 Å². The van der Waals surface area contributed by atoms with Gasteiger partial charge < -0.3 is 19.6 Å². The largest absolute Gasteiger partial charge is 0.475 e. The molecule has 1 fully saturated rings. The number of furan rings is 1. The number of carbonyl (C=O) groups excluding carboxylic acids is 1. The summed E-state index contributed by atoms with van der Waals surface area (Å²) < 4.78 is 10.6. The summed E-state index contributed by atoms with van der Waals surface area (Å²) in [7, 11) is 0. The van der Waals surface area contributed by atoms with Gasteiger partial charge in [0.1, 0.15) is 11.7 Å². The first-order chi connectivity index (χ1) is 10.1. The number of hydrogen-bond acceptors (Lipinski definition) is 4. The minimum Gasteiger partial charge on any atom is -0.475 e. The van der Waals surface area contributed by atoms with E-state index in [4.69, 9.17) is 14.3 Å². The van der Waals surface area contributed by atoms with E-state index >= 15 is 0 Å². The van der Waals surface area contributed by atoms with Crippen LogP contribution in [0.2, 0.25) is 0 Å². The third-order valence-electron chi connectivity index (χ3n) is 3.47. The molecule has 21 heavy (non-hydrogen) atoms. The molecule has 0 radical (unpaired) electrons. The van der Waals surface area contributed by atoms with E-state index in [9.17, 15) is 9.59 Å². The van der Waals surface area contributed by atoms with Gasteiger partial charge in [-0.1, -0.05) is 0 Å². The molecule has 6 nitrogen and oxygen atoms in total. The lowest BCUT2D eigenvalue weighted by Gasteiger charge is -2.21. The zero-order valence-corrected chi connectivity index (χ0v) is 11.3. The number of hydrogen-bond donors (Lipinski definition) is 2. The van der Waals surface area contributed by atoms with Crippen LogP contribution in [0.1, 0.15) is 29.8 Å². The van der Waals surface area contributed by atoms with Crippen molar-refractivity contribution in [1.82, 2.24) is 0 Å². The predicted molar refractivity (Wildman–Crippen MR) is 75.4 cm³/mol. The van der Waals surface area contributed by atoms with Crippen molar-refractivity contribution in [2.75, 3.05) is 11.9 Å². The van der Waals surface area contributed by atoms with Crippen LogP contribution in [0.3, 0.4) is 0 Å². The Morgan fingerprint density at radius 1 is 1.24 bits per heavy atom. The van der Waals surface area contributed by atoms with Crippen LogP contribution in [0.4, 0.5) is 5.69 Å². The molecule has 6 heteroatoms. The number of aromatic carboxylic acids is 1. The first kappa shape index (κ1) is 13.6. The van der Waals surface area contributed by atoms with Gasteiger partial charge in [-0.3, -0.25) is 4.79 Å². The Morgan fingerprint density at radius 3 is 2.81 bits per heavy atom. The average Bonchev–Trinajstić information content (AvgIpc) is 2.91. The van der Waals surface area contributed by atoms with Gasteiger partial charge in [0.05, 0.1) is 0 Å². The molecule has 2 aromatic rings. The maximum atomic E-state index is 12.1. The van der Waals surface area contributed by atoms with Crippen LogP contribution in [0.15, 0.2) is 28.7 Å². The van der Waals surface area contributed by atoms with Crippen LogP contribution >= 0.6 is 0 Å². The molecule has 3 rings (SSSR count). The summed E-state index contributed by atoms with van der Waals surface area (Å²) in [6.45, 7) is 0.612. The second-order valence-electron chi connectivity index (χ2n) is 5.01. The number of rotatable bonds is 3. The Bertz CT molecular complexity index is 684. The molecular weight excluding hydrogens is 274 g/mol. The zero-order valence-electron chi connectivity index (χ0n) is 11.3. The summed E-state index contributed by atoms with van der Waals surface area (Å²) in [5.74, 6) is -1.41. The van der Waals surface area contributed by atoms with Crippen LogP contribution in [0.25, 0.3) is 11.0 Å². The molecule has 0 spiro atoms. The summed E-state index contributed by atoms with van der Waals surface area (Å²) in [6, 6.07) is 6.44. The molecule has 1 saturated heterocycles. The Morgan fingerprint density at radius 2 is 2.10 bits per heavy atom. The summed E-state index contributed by atoms with van der Waals surface area (Å²) in [5.41, 5.74) is 1.07. The van der Waals surface area contributed by atoms with Gasteiger partial charge in [0.2, 0.25) is 5.76 Å². The Balaban J connectivity index is 1.77. The number of nitrogens with one attached hydrogen (secondary N) is 1. The lowest BCUT2D eigenvalue weighted by molar-refractivity contribution is -0.129. The predicted octanol–water partition coefficient (Wildman–Crippen LogP) is 2.64. The summed E-state index contributed by atoms with van der Waals surface area (Å²) in [6.07, 6.45) is 2.29. The van der Waals surface area contributed by atoms with Gasteiger partial charge in [0.15, 0.2) is 0 Å². The number of ether oxygens (including phenoxy) is 1. The van der Waals surface area contributed by atoms with Crippen LogP contribution < -0.4 is 5.32 Å². The molecule has 1 aromatic heterocycles. The van der Waals surface area contributed by atoms with Crippen molar-refractivity contribution in [3.05, 3.63) is 30.0 Å². The maximum Gasteiger partial charge on any atom is 0.371 e. The highest BCUT2D eigenvalue weighted by molar-refractivity contribution is 5.97. The summed E-state index contributed by atoms with van der Waals surface area (Å²) in [4.78, 5) is 22.9. The Kier molecular flexibility index (Phi) is 3.62. The molecule has 0 aliphatic carbocycles. The van der Waals surface area contributed by atoms with E-state index in [-0.39, 0.29) is 11.7 Å². The molecule has 1 atom stereocenters. The highest BCUT2D eigenvalue weighted by Crippen LogP contribution is 2.24. The standard InChI is InChI=1S/C15H15NO5/c17-14(12-3-1-2-6-20-12)16-10-4-5-11-9(7-10)8-13(21-11)15(18)19/h4-5,7-8,12H,1-3,6H2,(H,16,17)(H,18,19). The monoisotopic (exact) mass is 289 g/mol. The van der Waals surface area contributed by atoms with Gasteiger partial charge in [-0.2, -0.15) is 0 Å². The summed E-state index contributed by atoms with van der Waals surface area (Å²) in [5, 5.41) is 12.3.